The van der Waals surface area contributed by atoms with Crippen molar-refractivity contribution in [2.24, 2.45) is 0 Å². The van der Waals surface area contributed by atoms with E-state index < -0.39 is 0 Å². The highest BCUT2D eigenvalue weighted by molar-refractivity contribution is 5.97. The molecule has 1 heterocycles. The van der Waals surface area contributed by atoms with Crippen LogP contribution in [-0.4, -0.2) is 27.7 Å². The van der Waals surface area contributed by atoms with E-state index in [4.69, 9.17) is 4.74 Å². The first-order valence-electron chi connectivity index (χ1n) is 6.20. The number of rotatable bonds is 5. The molecule has 0 radical (unpaired) electrons. The van der Waals surface area contributed by atoms with Crippen molar-refractivity contribution in [1.29, 1.82) is 0 Å². The minimum atomic E-state index is 0.0148. The van der Waals surface area contributed by atoms with E-state index in [1.165, 1.54) is 6.33 Å². The standard InChI is InChI=1S/C14H17N3O2/c1-4-17-14(15-9-16-17)8-12(18)11-6-5-10(2)13(7-11)19-3/h5-7,9H,4,8H2,1-3H3. The molecule has 0 fully saturated rings. The van der Waals surface area contributed by atoms with Crippen molar-refractivity contribution in [2.75, 3.05) is 7.11 Å². The molecule has 0 atom stereocenters. The maximum Gasteiger partial charge on any atom is 0.170 e. The molecule has 19 heavy (non-hydrogen) atoms. The van der Waals surface area contributed by atoms with E-state index in [0.717, 1.165) is 11.3 Å². The highest BCUT2D eigenvalue weighted by atomic mass is 16.5. The van der Waals surface area contributed by atoms with Gasteiger partial charge in [0, 0.05) is 12.1 Å². The maximum atomic E-state index is 12.2. The summed E-state index contributed by atoms with van der Waals surface area (Å²) in [5, 5.41) is 4.06. The smallest absolute Gasteiger partial charge is 0.170 e. The zero-order valence-corrected chi connectivity index (χ0v) is 11.4. The normalized spacial score (nSPS) is 10.5. The second-order valence-corrected chi connectivity index (χ2v) is 4.28. The lowest BCUT2D eigenvalue weighted by Gasteiger charge is -2.07. The molecule has 0 aliphatic rings. The molecule has 1 aromatic heterocycles. The Kier molecular flexibility index (Phi) is 3.94. The molecule has 0 amide bonds. The summed E-state index contributed by atoms with van der Waals surface area (Å²) in [6.07, 6.45) is 1.72. The molecule has 0 aliphatic carbocycles. The molecule has 2 aromatic rings. The lowest BCUT2D eigenvalue weighted by atomic mass is 10.1. The summed E-state index contributed by atoms with van der Waals surface area (Å²) in [5.74, 6) is 1.43. The molecule has 0 saturated carbocycles. The predicted molar refractivity (Wildman–Crippen MR) is 71.5 cm³/mol. The van der Waals surface area contributed by atoms with Crippen LogP contribution in [0.5, 0.6) is 5.75 Å². The van der Waals surface area contributed by atoms with Crippen LogP contribution in [0, 0.1) is 6.92 Å². The van der Waals surface area contributed by atoms with Crippen LogP contribution >= 0.6 is 0 Å². The van der Waals surface area contributed by atoms with Gasteiger partial charge in [0.2, 0.25) is 0 Å². The average molecular weight is 259 g/mol. The summed E-state index contributed by atoms with van der Waals surface area (Å²) < 4.78 is 6.96. The van der Waals surface area contributed by atoms with E-state index >= 15 is 0 Å². The van der Waals surface area contributed by atoms with Crippen LogP contribution in [0.1, 0.15) is 28.7 Å². The first-order valence-corrected chi connectivity index (χ1v) is 6.20. The van der Waals surface area contributed by atoms with Gasteiger partial charge in [-0.15, -0.1) is 0 Å². The Hall–Kier alpha value is -2.17. The van der Waals surface area contributed by atoms with Crippen LogP contribution in [0.3, 0.4) is 0 Å². The van der Waals surface area contributed by atoms with Gasteiger partial charge in [-0.25, -0.2) is 9.67 Å². The number of methoxy groups -OCH3 is 1. The van der Waals surface area contributed by atoms with Gasteiger partial charge in [-0.3, -0.25) is 4.79 Å². The summed E-state index contributed by atoms with van der Waals surface area (Å²) >= 11 is 0. The number of benzene rings is 1. The molecule has 0 saturated heterocycles. The Balaban J connectivity index is 2.20. The Morgan fingerprint density at radius 1 is 1.42 bits per heavy atom. The van der Waals surface area contributed by atoms with Crippen LogP contribution in [0.4, 0.5) is 0 Å². The van der Waals surface area contributed by atoms with Crippen LogP contribution in [0.25, 0.3) is 0 Å². The van der Waals surface area contributed by atoms with Gasteiger partial charge in [-0.1, -0.05) is 12.1 Å². The number of aromatic nitrogens is 3. The molecule has 100 valence electrons. The number of ketones is 1. The Labute approximate surface area is 112 Å². The zero-order chi connectivity index (χ0) is 13.8. The van der Waals surface area contributed by atoms with Gasteiger partial charge in [-0.2, -0.15) is 5.10 Å². The summed E-state index contributed by atoms with van der Waals surface area (Å²) in [6, 6.07) is 5.47. The molecule has 0 bridgehead atoms. The van der Waals surface area contributed by atoms with Crippen molar-refractivity contribution < 1.29 is 9.53 Å². The van der Waals surface area contributed by atoms with E-state index in [1.807, 2.05) is 26.0 Å². The monoisotopic (exact) mass is 259 g/mol. The third-order valence-corrected chi connectivity index (χ3v) is 3.04. The number of hydrogen-bond acceptors (Lipinski definition) is 4. The number of hydrogen-bond donors (Lipinski definition) is 0. The molecule has 5 nitrogen and oxygen atoms in total. The van der Waals surface area contributed by atoms with Gasteiger partial charge in [0.05, 0.1) is 13.5 Å². The fourth-order valence-electron chi connectivity index (χ4n) is 1.93. The SMILES string of the molecule is CCn1ncnc1CC(=O)c1ccc(C)c(OC)c1. The van der Waals surface area contributed by atoms with Gasteiger partial charge in [0.25, 0.3) is 0 Å². The molecular formula is C14H17N3O2. The second kappa shape index (κ2) is 5.65. The minimum absolute atomic E-state index is 0.0148. The van der Waals surface area contributed by atoms with Gasteiger partial charge in [0.1, 0.15) is 17.9 Å². The Morgan fingerprint density at radius 2 is 2.21 bits per heavy atom. The average Bonchev–Trinajstić information content (AvgIpc) is 2.86. The fraction of sp³-hybridized carbons (Fsp3) is 0.357. The summed E-state index contributed by atoms with van der Waals surface area (Å²) in [5.41, 5.74) is 1.64. The number of aryl methyl sites for hydroxylation is 2. The van der Waals surface area contributed by atoms with E-state index in [9.17, 15) is 4.79 Å². The predicted octanol–water partition coefficient (Wildman–Crippen LogP) is 2.04. The molecule has 1 aromatic carbocycles. The van der Waals surface area contributed by atoms with Crippen LogP contribution in [-0.2, 0) is 13.0 Å². The van der Waals surface area contributed by atoms with Crippen LogP contribution in [0.15, 0.2) is 24.5 Å². The van der Waals surface area contributed by atoms with Crippen LogP contribution < -0.4 is 4.74 Å². The first-order chi connectivity index (χ1) is 9.15. The van der Waals surface area contributed by atoms with Crippen molar-refractivity contribution in [3.63, 3.8) is 0 Å². The molecule has 5 heteroatoms. The van der Waals surface area contributed by atoms with Crippen molar-refractivity contribution in [1.82, 2.24) is 14.8 Å². The fourth-order valence-corrected chi connectivity index (χ4v) is 1.93. The van der Waals surface area contributed by atoms with E-state index in [0.29, 0.717) is 17.9 Å². The van der Waals surface area contributed by atoms with Gasteiger partial charge in [-0.05, 0) is 25.5 Å². The zero-order valence-electron chi connectivity index (χ0n) is 11.4. The molecular weight excluding hydrogens is 242 g/mol. The Morgan fingerprint density at radius 3 is 2.89 bits per heavy atom. The van der Waals surface area contributed by atoms with Gasteiger partial charge in [0.15, 0.2) is 5.78 Å². The largest absolute Gasteiger partial charge is 0.496 e. The van der Waals surface area contributed by atoms with Gasteiger partial charge >= 0.3 is 0 Å². The molecule has 0 unspecified atom stereocenters. The summed E-state index contributed by atoms with van der Waals surface area (Å²) in [7, 11) is 1.60. The molecule has 0 aliphatic heterocycles. The number of carbonyl (C=O) groups is 1. The Bertz CT molecular complexity index is 590. The number of ether oxygens (including phenoxy) is 1. The molecule has 0 N–H and O–H groups in total. The van der Waals surface area contributed by atoms with E-state index in [2.05, 4.69) is 10.1 Å². The number of nitrogens with zero attached hydrogens (tertiary/aromatic N) is 3. The van der Waals surface area contributed by atoms with Crippen LogP contribution in [0.2, 0.25) is 0 Å². The third kappa shape index (κ3) is 2.81. The molecule has 0 spiro atoms. The summed E-state index contributed by atoms with van der Waals surface area (Å²) in [4.78, 5) is 16.3. The first kappa shape index (κ1) is 13.3. The maximum absolute atomic E-state index is 12.2. The lowest BCUT2D eigenvalue weighted by Crippen LogP contribution is -2.11. The number of carbonyl (C=O) groups excluding carboxylic acids is 1. The lowest BCUT2D eigenvalue weighted by molar-refractivity contribution is 0.0989. The van der Waals surface area contributed by atoms with Gasteiger partial charge < -0.3 is 4.74 Å². The van der Waals surface area contributed by atoms with Crippen molar-refractivity contribution in [2.45, 2.75) is 26.8 Å². The number of Topliss-reactive ketones (excluding diaryl/α,β-unsaturated/α-hetero) is 1. The van der Waals surface area contributed by atoms with Crippen molar-refractivity contribution >= 4 is 5.78 Å². The van der Waals surface area contributed by atoms with E-state index in [1.54, 1.807) is 17.9 Å². The van der Waals surface area contributed by atoms with Crippen molar-refractivity contribution in [3.8, 4) is 5.75 Å². The minimum Gasteiger partial charge on any atom is -0.496 e. The quantitative estimate of drug-likeness (QED) is 0.771. The highest BCUT2D eigenvalue weighted by Crippen LogP contribution is 2.19. The topological polar surface area (TPSA) is 57.0 Å². The molecule has 2 rings (SSSR count). The highest BCUT2D eigenvalue weighted by Gasteiger charge is 2.13. The van der Waals surface area contributed by atoms with Crippen molar-refractivity contribution in [3.05, 3.63) is 41.5 Å². The third-order valence-electron chi connectivity index (χ3n) is 3.04. The summed E-state index contributed by atoms with van der Waals surface area (Å²) in [6.45, 7) is 4.62. The second-order valence-electron chi connectivity index (χ2n) is 4.28. The van der Waals surface area contributed by atoms with E-state index in [-0.39, 0.29) is 12.2 Å².